The molecule has 23 heavy (non-hydrogen) atoms. The van der Waals surface area contributed by atoms with Gasteiger partial charge in [0, 0.05) is 6.04 Å². The monoisotopic (exact) mass is 328 g/mol. The fraction of sp³-hybridized carbons (Fsp3) is 0.882. The smallest absolute Gasteiger partial charge is 0.305 e. The minimum Gasteiger partial charge on any atom is -0.481 e. The molecule has 0 aliphatic heterocycles. The zero-order valence-corrected chi connectivity index (χ0v) is 14.7. The third-order valence-electron chi connectivity index (χ3n) is 5.44. The highest BCUT2D eigenvalue weighted by Gasteiger charge is 2.46. The molecule has 1 fully saturated rings. The highest BCUT2D eigenvalue weighted by molar-refractivity contribution is 5.73. The molecule has 0 aromatic carbocycles. The van der Waals surface area contributed by atoms with Crippen LogP contribution in [0.5, 0.6) is 0 Å². The van der Waals surface area contributed by atoms with E-state index in [2.05, 4.69) is 33.0 Å². The Balaban J connectivity index is 2.53. The summed E-state index contributed by atoms with van der Waals surface area (Å²) in [5.74, 6) is -0.570. The summed E-state index contributed by atoms with van der Waals surface area (Å²) in [5, 5.41) is 21.4. The topological polar surface area (TPSA) is 113 Å². The van der Waals surface area contributed by atoms with Crippen LogP contribution in [0.1, 0.15) is 59.8 Å². The van der Waals surface area contributed by atoms with Crippen molar-refractivity contribution in [3.8, 4) is 0 Å². The lowest BCUT2D eigenvalue weighted by atomic mass is 9.70. The first-order chi connectivity index (χ1) is 10.5. The lowest BCUT2D eigenvalue weighted by molar-refractivity contribution is -0.138. The Morgan fingerprint density at radius 1 is 1.30 bits per heavy atom. The number of carboxylic acid groups (broad SMARTS) is 1. The highest BCUT2D eigenvalue weighted by atomic mass is 16.4. The van der Waals surface area contributed by atoms with E-state index in [1.54, 1.807) is 0 Å². The van der Waals surface area contributed by atoms with Crippen LogP contribution in [0.3, 0.4) is 0 Å². The number of carbonyl (C=O) groups is 2. The van der Waals surface area contributed by atoms with Crippen LogP contribution in [0.4, 0.5) is 0 Å². The van der Waals surface area contributed by atoms with Crippen molar-refractivity contribution >= 4 is 12.3 Å². The predicted octanol–water partition coefficient (Wildman–Crippen LogP) is 1.51. The van der Waals surface area contributed by atoms with Crippen molar-refractivity contribution in [1.82, 2.24) is 5.32 Å². The van der Waals surface area contributed by atoms with E-state index in [1.807, 2.05) is 0 Å². The Labute approximate surface area is 138 Å². The molecular weight excluding hydrogens is 296 g/mol. The van der Waals surface area contributed by atoms with E-state index in [1.165, 1.54) is 12.8 Å². The van der Waals surface area contributed by atoms with E-state index < -0.39 is 24.3 Å². The number of hydrogen-bond donors (Lipinski definition) is 4. The van der Waals surface area contributed by atoms with Gasteiger partial charge in [0.25, 0.3) is 0 Å². The van der Waals surface area contributed by atoms with Crippen molar-refractivity contribution in [2.75, 3.05) is 0 Å². The molecule has 2 unspecified atom stereocenters. The molecule has 1 aliphatic carbocycles. The first kappa shape index (κ1) is 20.1. The third-order valence-corrected chi connectivity index (χ3v) is 5.44. The van der Waals surface area contributed by atoms with Gasteiger partial charge in [0.05, 0.1) is 12.5 Å². The average molecular weight is 328 g/mol. The highest BCUT2D eigenvalue weighted by Crippen LogP contribution is 2.55. The number of nitrogens with two attached hydrogens (primary N) is 1. The molecular formula is C17H32N2O4. The average Bonchev–Trinajstić information content (AvgIpc) is 2.64. The van der Waals surface area contributed by atoms with E-state index in [4.69, 9.17) is 10.8 Å². The summed E-state index contributed by atoms with van der Waals surface area (Å²) >= 11 is 0. The summed E-state index contributed by atoms with van der Waals surface area (Å²) in [6.07, 6.45) is 2.95. The molecule has 3 atom stereocenters. The van der Waals surface area contributed by atoms with Crippen LogP contribution in [0, 0.1) is 16.7 Å². The Morgan fingerprint density at radius 3 is 2.26 bits per heavy atom. The van der Waals surface area contributed by atoms with Crippen molar-refractivity contribution < 1.29 is 19.8 Å². The summed E-state index contributed by atoms with van der Waals surface area (Å²) in [6, 6.07) is -1.45. The molecule has 0 aromatic rings. The van der Waals surface area contributed by atoms with Crippen LogP contribution in [0.2, 0.25) is 0 Å². The van der Waals surface area contributed by atoms with Gasteiger partial charge in [0.15, 0.2) is 0 Å². The minimum atomic E-state index is -1.09. The van der Waals surface area contributed by atoms with Crippen molar-refractivity contribution in [3.05, 3.63) is 0 Å². The second-order valence-electron chi connectivity index (χ2n) is 8.22. The number of carbonyl (C=O) groups excluding carboxylic acids is 1. The zero-order valence-electron chi connectivity index (χ0n) is 14.7. The van der Waals surface area contributed by atoms with Gasteiger partial charge in [-0.2, -0.15) is 0 Å². The summed E-state index contributed by atoms with van der Waals surface area (Å²) < 4.78 is 0. The van der Waals surface area contributed by atoms with Crippen molar-refractivity contribution in [1.29, 1.82) is 0 Å². The van der Waals surface area contributed by atoms with Crippen LogP contribution < -0.4 is 11.1 Å². The Hall–Kier alpha value is -0.980. The first-order valence-electron chi connectivity index (χ1n) is 8.36. The fourth-order valence-corrected chi connectivity index (χ4v) is 4.03. The Morgan fingerprint density at radius 2 is 1.83 bits per heavy atom. The largest absolute Gasteiger partial charge is 0.481 e. The SMILES string of the molecule is CC1(C)CCC(C)(C)C1CCC(N)C(O)N[C@@H](C=O)CC(=O)O. The predicted molar refractivity (Wildman–Crippen MR) is 88.7 cm³/mol. The molecule has 134 valence electrons. The number of aliphatic hydroxyl groups excluding tert-OH is 1. The van der Waals surface area contributed by atoms with E-state index in [0.717, 1.165) is 6.42 Å². The minimum absolute atomic E-state index is 0.260. The van der Waals surface area contributed by atoms with Gasteiger partial charge in [0.2, 0.25) is 0 Å². The molecule has 0 bridgehead atoms. The number of aldehydes is 1. The molecule has 0 heterocycles. The van der Waals surface area contributed by atoms with E-state index in [-0.39, 0.29) is 17.3 Å². The number of aliphatic carboxylic acids is 1. The molecule has 6 heteroatoms. The number of rotatable bonds is 9. The molecule has 1 rings (SSSR count). The molecule has 0 amide bonds. The maximum atomic E-state index is 10.9. The third kappa shape index (κ3) is 5.55. The van der Waals surface area contributed by atoms with Crippen LogP contribution in [0.15, 0.2) is 0 Å². The molecule has 1 aliphatic rings. The van der Waals surface area contributed by atoms with Gasteiger partial charge in [0.1, 0.15) is 12.5 Å². The van der Waals surface area contributed by atoms with Crippen molar-refractivity contribution in [2.45, 2.75) is 78.1 Å². The maximum absolute atomic E-state index is 10.9. The van der Waals surface area contributed by atoms with E-state index in [9.17, 15) is 14.7 Å². The second kappa shape index (κ2) is 7.73. The molecule has 6 nitrogen and oxygen atoms in total. The quantitative estimate of drug-likeness (QED) is 0.377. The van der Waals surface area contributed by atoms with Gasteiger partial charge in [-0.05, 0) is 42.4 Å². The van der Waals surface area contributed by atoms with Crippen molar-refractivity contribution in [3.63, 3.8) is 0 Å². The van der Waals surface area contributed by atoms with Gasteiger partial charge in [-0.3, -0.25) is 10.1 Å². The summed E-state index contributed by atoms with van der Waals surface area (Å²) in [5.41, 5.74) is 6.55. The van der Waals surface area contributed by atoms with Crippen LogP contribution in [0.25, 0.3) is 0 Å². The number of hydrogen-bond acceptors (Lipinski definition) is 5. The normalized spacial score (nSPS) is 24.1. The Kier molecular flexibility index (Phi) is 6.74. The van der Waals surface area contributed by atoms with E-state index in [0.29, 0.717) is 18.6 Å². The molecule has 0 radical (unpaired) electrons. The Bertz CT molecular complexity index is 407. The molecule has 0 aromatic heterocycles. The number of nitrogens with one attached hydrogen (secondary N) is 1. The van der Waals surface area contributed by atoms with E-state index >= 15 is 0 Å². The van der Waals surface area contributed by atoms with Gasteiger partial charge < -0.3 is 20.7 Å². The van der Waals surface area contributed by atoms with Crippen LogP contribution in [-0.4, -0.2) is 40.8 Å². The lowest BCUT2D eigenvalue weighted by Crippen LogP contribution is -2.50. The summed E-state index contributed by atoms with van der Waals surface area (Å²) in [7, 11) is 0. The standard InChI is InChI=1S/C17H32N2O4/c1-16(2)7-8-17(3,4)13(16)6-5-12(18)15(23)19-11(10-20)9-14(21)22/h10-13,15,19,23H,5-9,18H2,1-4H3,(H,21,22)/t11-,12?,15?/m1/s1. The second-order valence-corrected chi connectivity index (χ2v) is 8.22. The molecule has 0 saturated heterocycles. The van der Waals surface area contributed by atoms with Gasteiger partial charge in [-0.25, -0.2) is 0 Å². The maximum Gasteiger partial charge on any atom is 0.305 e. The first-order valence-corrected chi connectivity index (χ1v) is 8.36. The van der Waals surface area contributed by atoms with Gasteiger partial charge in [-0.1, -0.05) is 27.7 Å². The fourth-order valence-electron chi connectivity index (χ4n) is 4.03. The molecule has 1 saturated carbocycles. The zero-order chi connectivity index (χ0) is 17.8. The van der Waals surface area contributed by atoms with Gasteiger partial charge in [-0.15, -0.1) is 0 Å². The molecule has 5 N–H and O–H groups in total. The molecule has 0 spiro atoms. The lowest BCUT2D eigenvalue weighted by Gasteiger charge is -2.36. The summed E-state index contributed by atoms with van der Waals surface area (Å²) in [6.45, 7) is 9.12. The number of aliphatic hydroxyl groups is 1. The summed E-state index contributed by atoms with van der Waals surface area (Å²) in [4.78, 5) is 21.5. The number of carboxylic acids is 1. The van der Waals surface area contributed by atoms with Crippen LogP contribution >= 0.6 is 0 Å². The van der Waals surface area contributed by atoms with Crippen LogP contribution in [-0.2, 0) is 9.59 Å². The van der Waals surface area contributed by atoms with Crippen molar-refractivity contribution in [2.24, 2.45) is 22.5 Å². The van der Waals surface area contributed by atoms with Gasteiger partial charge >= 0.3 is 5.97 Å².